The van der Waals surface area contributed by atoms with Gasteiger partial charge in [-0.05, 0) is 38.0 Å². The number of carbonyl (C=O) groups is 1. The number of hydrogen-bond acceptors (Lipinski definition) is 5. The summed E-state index contributed by atoms with van der Waals surface area (Å²) >= 11 is 2.90. The summed E-state index contributed by atoms with van der Waals surface area (Å²) in [5.74, 6) is 0.239. The molecule has 3 rings (SSSR count). The molecule has 0 bridgehead atoms. The Morgan fingerprint density at radius 2 is 2.17 bits per heavy atom. The summed E-state index contributed by atoms with van der Waals surface area (Å²) in [6.07, 6.45) is 0.889. The molecule has 0 aliphatic carbocycles. The molecule has 2 aromatic heterocycles. The first-order valence-electron chi connectivity index (χ1n) is 7.40. The van der Waals surface area contributed by atoms with Gasteiger partial charge in [0.15, 0.2) is 10.3 Å². The molecule has 0 atom stereocenters. The fourth-order valence-corrected chi connectivity index (χ4v) is 3.97. The van der Waals surface area contributed by atoms with Gasteiger partial charge in [0.1, 0.15) is 0 Å². The molecule has 2 heterocycles. The lowest BCUT2D eigenvalue weighted by Gasteiger charge is -1.99. The Morgan fingerprint density at radius 3 is 2.91 bits per heavy atom. The van der Waals surface area contributed by atoms with Crippen molar-refractivity contribution in [3.63, 3.8) is 0 Å². The van der Waals surface area contributed by atoms with E-state index in [-0.39, 0.29) is 5.91 Å². The average molecular weight is 346 g/mol. The maximum Gasteiger partial charge on any atom is 0.236 e. The Hall–Kier alpha value is -1.86. The van der Waals surface area contributed by atoms with Gasteiger partial charge in [0.05, 0.1) is 21.7 Å². The Bertz CT molecular complexity index is 853. The highest BCUT2D eigenvalue weighted by molar-refractivity contribution is 7.99. The molecule has 3 aromatic rings. The molecule has 2 N–H and O–H groups in total. The van der Waals surface area contributed by atoms with E-state index in [0.717, 1.165) is 33.2 Å². The van der Waals surface area contributed by atoms with Gasteiger partial charge in [0.2, 0.25) is 5.91 Å². The van der Waals surface area contributed by atoms with Gasteiger partial charge in [-0.3, -0.25) is 4.79 Å². The smallest absolute Gasteiger partial charge is 0.236 e. The van der Waals surface area contributed by atoms with Crippen LogP contribution in [0.25, 0.3) is 10.2 Å². The van der Waals surface area contributed by atoms with E-state index in [0.29, 0.717) is 10.9 Å². The third-order valence-corrected chi connectivity index (χ3v) is 5.24. The number of anilines is 1. The number of aromatic amines is 1. The molecule has 0 saturated heterocycles. The van der Waals surface area contributed by atoms with E-state index in [9.17, 15) is 4.79 Å². The fraction of sp³-hybridized carbons (Fsp3) is 0.312. The van der Waals surface area contributed by atoms with Crippen molar-refractivity contribution in [3.05, 3.63) is 35.2 Å². The van der Waals surface area contributed by atoms with E-state index in [2.05, 4.69) is 33.3 Å². The van der Waals surface area contributed by atoms with Crippen molar-refractivity contribution in [2.75, 3.05) is 11.1 Å². The standard InChI is InChI=1S/C16H18N4OS2/c1-4-11-10(3)17-15(18-11)22-8-14(21)20-16-19-12-6-5-9(2)7-13(12)23-16/h5-7H,4,8H2,1-3H3,(H,17,18)(H,19,20,21). The van der Waals surface area contributed by atoms with Gasteiger partial charge in [-0.2, -0.15) is 0 Å². The van der Waals surface area contributed by atoms with E-state index in [1.54, 1.807) is 0 Å². The Labute approximate surface area is 142 Å². The number of nitrogens with zero attached hydrogens (tertiary/aromatic N) is 2. The molecule has 5 nitrogen and oxygen atoms in total. The first-order valence-corrected chi connectivity index (χ1v) is 9.20. The molecule has 0 saturated carbocycles. The van der Waals surface area contributed by atoms with Crippen LogP contribution in [0.5, 0.6) is 0 Å². The third-order valence-electron chi connectivity index (χ3n) is 3.43. The summed E-state index contributed by atoms with van der Waals surface area (Å²) in [6, 6.07) is 6.08. The number of amides is 1. The molecular weight excluding hydrogens is 328 g/mol. The minimum atomic E-state index is -0.0714. The number of thiazole rings is 1. The van der Waals surface area contributed by atoms with Crippen LogP contribution in [0.3, 0.4) is 0 Å². The zero-order chi connectivity index (χ0) is 16.4. The van der Waals surface area contributed by atoms with Gasteiger partial charge >= 0.3 is 0 Å². The van der Waals surface area contributed by atoms with Crippen LogP contribution >= 0.6 is 23.1 Å². The monoisotopic (exact) mass is 346 g/mol. The molecule has 0 radical (unpaired) electrons. The van der Waals surface area contributed by atoms with Crippen molar-refractivity contribution in [1.82, 2.24) is 15.0 Å². The molecule has 0 aliphatic heterocycles. The highest BCUT2D eigenvalue weighted by Gasteiger charge is 2.11. The van der Waals surface area contributed by atoms with Gasteiger partial charge < -0.3 is 10.3 Å². The third kappa shape index (κ3) is 3.73. The minimum absolute atomic E-state index is 0.0714. The van der Waals surface area contributed by atoms with Crippen LogP contribution in [-0.4, -0.2) is 26.6 Å². The number of benzene rings is 1. The first-order chi connectivity index (χ1) is 11.0. The SMILES string of the molecule is CCc1nc(SCC(=O)Nc2nc3ccc(C)cc3s2)[nH]c1C. The maximum absolute atomic E-state index is 12.1. The van der Waals surface area contributed by atoms with E-state index >= 15 is 0 Å². The number of thioether (sulfide) groups is 1. The fourth-order valence-electron chi connectivity index (χ4n) is 2.25. The van der Waals surface area contributed by atoms with Gasteiger partial charge in [0.25, 0.3) is 0 Å². The molecule has 120 valence electrons. The lowest BCUT2D eigenvalue weighted by Crippen LogP contribution is -2.13. The molecular formula is C16H18N4OS2. The molecule has 7 heteroatoms. The molecule has 0 fully saturated rings. The normalized spacial score (nSPS) is 11.1. The molecule has 0 unspecified atom stereocenters. The largest absolute Gasteiger partial charge is 0.337 e. The molecule has 0 aliphatic rings. The highest BCUT2D eigenvalue weighted by atomic mass is 32.2. The number of carbonyl (C=O) groups excluding carboxylic acids is 1. The second-order valence-corrected chi connectivity index (χ2v) is 7.29. The molecule has 23 heavy (non-hydrogen) atoms. The van der Waals surface area contributed by atoms with Gasteiger partial charge in [-0.25, -0.2) is 9.97 Å². The number of hydrogen-bond donors (Lipinski definition) is 2. The van der Waals surface area contributed by atoms with Gasteiger partial charge in [-0.1, -0.05) is 36.1 Å². The van der Waals surface area contributed by atoms with Crippen LogP contribution in [-0.2, 0) is 11.2 Å². The van der Waals surface area contributed by atoms with Crippen molar-refractivity contribution in [3.8, 4) is 0 Å². The minimum Gasteiger partial charge on any atom is -0.337 e. The summed E-state index contributed by atoms with van der Waals surface area (Å²) in [5, 5.41) is 4.29. The zero-order valence-corrected chi connectivity index (χ0v) is 14.9. The van der Waals surface area contributed by atoms with Gasteiger partial charge in [0, 0.05) is 5.69 Å². The second-order valence-electron chi connectivity index (χ2n) is 5.29. The summed E-state index contributed by atoms with van der Waals surface area (Å²) in [5.41, 5.74) is 4.22. The highest BCUT2D eigenvalue weighted by Crippen LogP contribution is 2.27. The second kappa shape index (κ2) is 6.72. The topological polar surface area (TPSA) is 70.7 Å². The number of aromatic nitrogens is 3. The molecule has 1 aromatic carbocycles. The first kappa shape index (κ1) is 16.0. The van der Waals surface area contributed by atoms with Crippen molar-refractivity contribution < 1.29 is 4.79 Å². The predicted molar refractivity (Wildman–Crippen MR) is 96.4 cm³/mol. The quantitative estimate of drug-likeness (QED) is 0.687. The number of fused-ring (bicyclic) bond motifs is 1. The summed E-state index contributed by atoms with van der Waals surface area (Å²) in [4.78, 5) is 24.2. The number of aryl methyl sites for hydroxylation is 3. The number of imidazole rings is 1. The van der Waals surface area contributed by atoms with Crippen LogP contribution in [0.15, 0.2) is 23.4 Å². The summed E-state index contributed by atoms with van der Waals surface area (Å²) in [7, 11) is 0. The van der Waals surface area contributed by atoms with E-state index < -0.39 is 0 Å². The van der Waals surface area contributed by atoms with E-state index in [1.165, 1.54) is 28.7 Å². The molecule has 1 amide bonds. The van der Waals surface area contributed by atoms with Crippen molar-refractivity contribution in [1.29, 1.82) is 0 Å². The predicted octanol–water partition coefficient (Wildman–Crippen LogP) is 3.93. The van der Waals surface area contributed by atoms with Crippen molar-refractivity contribution >= 4 is 44.4 Å². The zero-order valence-electron chi connectivity index (χ0n) is 13.3. The Balaban J connectivity index is 1.61. The average Bonchev–Trinajstić information content (AvgIpc) is 3.07. The summed E-state index contributed by atoms with van der Waals surface area (Å²) < 4.78 is 1.09. The van der Waals surface area contributed by atoms with Crippen LogP contribution in [0.4, 0.5) is 5.13 Å². The van der Waals surface area contributed by atoms with E-state index in [1.807, 2.05) is 26.0 Å². The lowest BCUT2D eigenvalue weighted by atomic mass is 10.2. The van der Waals surface area contributed by atoms with Crippen molar-refractivity contribution in [2.24, 2.45) is 0 Å². The number of H-pyrrole nitrogens is 1. The Morgan fingerprint density at radius 1 is 1.35 bits per heavy atom. The van der Waals surface area contributed by atoms with E-state index in [4.69, 9.17) is 0 Å². The molecule has 0 spiro atoms. The lowest BCUT2D eigenvalue weighted by molar-refractivity contribution is -0.113. The Kier molecular flexibility index (Phi) is 4.68. The van der Waals surface area contributed by atoms with Crippen LogP contribution in [0.2, 0.25) is 0 Å². The number of rotatable bonds is 5. The number of nitrogens with one attached hydrogen (secondary N) is 2. The maximum atomic E-state index is 12.1. The van der Waals surface area contributed by atoms with Crippen LogP contribution < -0.4 is 5.32 Å². The van der Waals surface area contributed by atoms with Crippen LogP contribution in [0, 0.1) is 13.8 Å². The van der Waals surface area contributed by atoms with Crippen LogP contribution in [0.1, 0.15) is 23.9 Å². The van der Waals surface area contributed by atoms with Crippen molar-refractivity contribution in [2.45, 2.75) is 32.3 Å². The summed E-state index contributed by atoms with van der Waals surface area (Å²) in [6.45, 7) is 6.11. The van der Waals surface area contributed by atoms with Gasteiger partial charge in [-0.15, -0.1) is 0 Å².